The zero-order valence-electron chi connectivity index (χ0n) is 31.4. The molecule has 1 atom stereocenters. The molecule has 9 heteroatoms. The molecule has 0 heterocycles. The van der Waals surface area contributed by atoms with Crippen LogP contribution in [0.2, 0.25) is 5.02 Å². The Labute approximate surface area is 308 Å². The Balaban J connectivity index is 0.00000158. The molecule has 1 unspecified atom stereocenters. The summed E-state index contributed by atoms with van der Waals surface area (Å²) in [6.07, 6.45) is 18.7. The molecule has 0 amide bonds. The average Bonchev–Trinajstić information content (AvgIpc) is 3.86. The second kappa shape index (κ2) is 27.9. The average molecular weight is 703 g/mol. The Morgan fingerprint density at radius 2 is 1.72 bits per heavy atom. The van der Waals surface area contributed by atoms with Gasteiger partial charge in [-0.05, 0) is 68.0 Å². The molecule has 1 aliphatic rings. The molecule has 0 radical (unpaired) electrons. The molecule has 50 heavy (non-hydrogen) atoms. The number of nitrogens with one attached hydrogen (secondary N) is 3. The Hall–Kier alpha value is -3.89. The minimum atomic E-state index is 0.231. The number of halogens is 1. The number of hydrogen-bond donors (Lipinski definition) is 6. The van der Waals surface area contributed by atoms with E-state index in [1.807, 2.05) is 63.2 Å². The molecule has 9 N–H and O–H groups in total. The van der Waals surface area contributed by atoms with Gasteiger partial charge in [-0.25, -0.2) is 5.01 Å². The molecule has 2 aromatic rings. The highest BCUT2D eigenvalue weighted by Crippen LogP contribution is 2.50. The fraction of sp³-hybridized carbons (Fsp3) is 0.366. The highest BCUT2D eigenvalue weighted by Gasteiger charge is 2.29. The van der Waals surface area contributed by atoms with E-state index in [-0.39, 0.29) is 6.04 Å². The van der Waals surface area contributed by atoms with E-state index in [4.69, 9.17) is 28.5 Å². The number of hydrazine groups is 1. The van der Waals surface area contributed by atoms with Crippen LogP contribution in [0.25, 0.3) is 22.3 Å². The van der Waals surface area contributed by atoms with Gasteiger partial charge < -0.3 is 22.6 Å². The lowest BCUT2D eigenvalue weighted by molar-refractivity contribution is 0.251. The largest absolute Gasteiger partial charge is 0.333 e. The van der Waals surface area contributed by atoms with E-state index >= 15 is 0 Å². The maximum Gasteiger partial charge on any atom is 0.0563 e. The third kappa shape index (κ3) is 16.2. The van der Waals surface area contributed by atoms with Crippen molar-refractivity contribution >= 4 is 35.2 Å². The second-order valence-electron chi connectivity index (χ2n) is 11.3. The normalized spacial score (nSPS) is 13.1. The van der Waals surface area contributed by atoms with Crippen molar-refractivity contribution in [3.63, 3.8) is 0 Å². The van der Waals surface area contributed by atoms with Crippen molar-refractivity contribution in [2.75, 3.05) is 33.7 Å². The number of fused-ring (bicyclic) bond motifs is 1. The lowest BCUT2D eigenvalue weighted by Gasteiger charge is -2.18. The summed E-state index contributed by atoms with van der Waals surface area (Å²) >= 11 is 6.96. The van der Waals surface area contributed by atoms with Gasteiger partial charge in [0.25, 0.3) is 0 Å². The first-order valence-corrected chi connectivity index (χ1v) is 17.7. The smallest absolute Gasteiger partial charge is 0.0563 e. The van der Waals surface area contributed by atoms with Crippen LogP contribution < -0.4 is 28.1 Å². The van der Waals surface area contributed by atoms with Crippen LogP contribution in [0.1, 0.15) is 76.5 Å². The third-order valence-electron chi connectivity index (χ3n) is 7.45. The molecule has 1 aliphatic carbocycles. The van der Waals surface area contributed by atoms with Crippen LogP contribution in [0.5, 0.6) is 0 Å². The monoisotopic (exact) mass is 702 g/mol. The molecular weight excluding hydrogens is 640 g/mol. The van der Waals surface area contributed by atoms with E-state index in [2.05, 4.69) is 84.9 Å². The predicted octanol–water partition coefficient (Wildman–Crippen LogP) is 8.47. The summed E-state index contributed by atoms with van der Waals surface area (Å²) < 4.78 is 0. The van der Waals surface area contributed by atoms with Gasteiger partial charge in [0.1, 0.15) is 0 Å². The zero-order chi connectivity index (χ0) is 37.9. The third-order valence-corrected chi connectivity index (χ3v) is 7.86. The van der Waals surface area contributed by atoms with Crippen molar-refractivity contribution in [3.8, 4) is 11.1 Å². The summed E-state index contributed by atoms with van der Waals surface area (Å²) in [4.78, 5) is 0. The molecule has 2 aromatic carbocycles. The van der Waals surface area contributed by atoms with E-state index < -0.39 is 0 Å². The van der Waals surface area contributed by atoms with Gasteiger partial charge in [0.2, 0.25) is 0 Å². The molecule has 0 saturated heterocycles. The van der Waals surface area contributed by atoms with Crippen LogP contribution in [0, 0.1) is 5.41 Å². The van der Waals surface area contributed by atoms with Gasteiger partial charge in [-0.15, -0.1) is 13.2 Å². The first kappa shape index (κ1) is 46.1. The standard InChI is InChI=1S/C31H36ClN5.C6H16N2.C3H6.CH5N/c1-6-9-19-37(5)36-21-23(29(33)8-3)17-18-27-25-14-11-15-26(30(25)27)28-16-10-13-24(31(28)32)22(12-7-2)20-35-34-4;1-2-3-4-6(8)5-7;1-3-2;1-2/h6-7,10-18,20,33,35-36H,1,4,8-9,19,21H2,2-3,5H3;6H,2-5,7-8H2,1H3;3H,1H2,2H3;2H2,1H3/b12-7+,22-20+,23-17-,27-18+,33-29?;;;. The minimum absolute atomic E-state index is 0.231. The molecule has 0 spiro atoms. The molecule has 0 aliphatic heterocycles. The van der Waals surface area contributed by atoms with Crippen LogP contribution in [0.3, 0.4) is 0 Å². The van der Waals surface area contributed by atoms with Crippen LogP contribution in [-0.2, 0) is 0 Å². The topological polar surface area (TPSA) is 142 Å². The summed E-state index contributed by atoms with van der Waals surface area (Å²) in [5.74, 6) is 0. The van der Waals surface area contributed by atoms with Crippen molar-refractivity contribution in [1.29, 1.82) is 5.41 Å². The van der Waals surface area contributed by atoms with E-state index in [1.165, 1.54) is 36.6 Å². The molecular formula is C41H63ClN8. The molecule has 0 saturated carbocycles. The fourth-order valence-corrected chi connectivity index (χ4v) is 5.06. The maximum atomic E-state index is 8.44. The quantitative estimate of drug-likeness (QED) is 0.0340. The van der Waals surface area contributed by atoms with Crippen LogP contribution in [0.4, 0.5) is 0 Å². The Morgan fingerprint density at radius 1 is 1.08 bits per heavy atom. The molecule has 3 rings (SSSR count). The predicted molar refractivity (Wildman–Crippen MR) is 224 cm³/mol. The number of allylic oxidation sites excluding steroid dienone is 6. The highest BCUT2D eigenvalue weighted by atomic mass is 35.5. The first-order valence-electron chi connectivity index (χ1n) is 17.3. The van der Waals surface area contributed by atoms with E-state index in [0.29, 0.717) is 30.2 Å². The zero-order valence-corrected chi connectivity index (χ0v) is 32.1. The van der Waals surface area contributed by atoms with Crippen molar-refractivity contribution in [3.05, 3.63) is 119 Å². The lowest BCUT2D eigenvalue weighted by Crippen LogP contribution is -2.37. The van der Waals surface area contributed by atoms with Gasteiger partial charge in [-0.2, -0.15) is 5.10 Å². The van der Waals surface area contributed by atoms with Gasteiger partial charge in [0.15, 0.2) is 0 Å². The van der Waals surface area contributed by atoms with Gasteiger partial charge in [0, 0.05) is 68.1 Å². The number of benzene rings is 2. The van der Waals surface area contributed by atoms with E-state index in [0.717, 1.165) is 47.2 Å². The molecule has 0 aromatic heterocycles. The fourth-order valence-electron chi connectivity index (χ4n) is 4.72. The SMILES string of the molecule is C=CC.C=CCCN(C)NC/C(=C/C=C1\c2cccc(-c3cccc(C(/C=C/C)=C/NN=C)c3Cl)c21)C(=N)CC.CCCCC(N)CN.CN. The summed E-state index contributed by atoms with van der Waals surface area (Å²) in [6.45, 7) is 20.8. The first-order chi connectivity index (χ1) is 24.2. The molecule has 274 valence electrons. The molecule has 0 fully saturated rings. The summed E-state index contributed by atoms with van der Waals surface area (Å²) in [5, 5.41) is 14.9. The van der Waals surface area contributed by atoms with Gasteiger partial charge in [-0.3, -0.25) is 10.9 Å². The minimum Gasteiger partial charge on any atom is -0.333 e. The van der Waals surface area contributed by atoms with Crippen molar-refractivity contribution in [2.24, 2.45) is 22.3 Å². The Bertz CT molecular complexity index is 1450. The summed E-state index contributed by atoms with van der Waals surface area (Å²) in [7, 11) is 3.51. The summed E-state index contributed by atoms with van der Waals surface area (Å²) in [6, 6.07) is 12.6. The number of hydrogen-bond acceptors (Lipinski definition) is 8. The van der Waals surface area contributed by atoms with E-state index in [9.17, 15) is 0 Å². The van der Waals surface area contributed by atoms with Crippen LogP contribution in [0.15, 0.2) is 103 Å². The van der Waals surface area contributed by atoms with Gasteiger partial charge in [-0.1, -0.05) is 111 Å². The second-order valence-corrected chi connectivity index (χ2v) is 11.6. The van der Waals surface area contributed by atoms with Crippen LogP contribution >= 0.6 is 11.6 Å². The maximum absolute atomic E-state index is 8.44. The Morgan fingerprint density at radius 3 is 2.30 bits per heavy atom. The summed E-state index contributed by atoms with van der Waals surface area (Å²) in [5.41, 5.74) is 30.7. The van der Waals surface area contributed by atoms with Crippen molar-refractivity contribution in [1.82, 2.24) is 15.9 Å². The number of nitrogens with two attached hydrogens (primary N) is 3. The van der Waals surface area contributed by atoms with Crippen molar-refractivity contribution < 1.29 is 0 Å². The van der Waals surface area contributed by atoms with E-state index in [1.54, 1.807) is 12.3 Å². The molecule has 8 nitrogen and oxygen atoms in total. The number of rotatable bonds is 18. The molecule has 0 bridgehead atoms. The highest BCUT2D eigenvalue weighted by molar-refractivity contribution is 6.35. The van der Waals surface area contributed by atoms with Crippen molar-refractivity contribution in [2.45, 2.75) is 65.8 Å². The Kier molecular flexibility index (Phi) is 25.7. The number of hydrazone groups is 1. The van der Waals surface area contributed by atoms with Gasteiger partial charge in [0.05, 0.1) is 5.02 Å². The number of unbranched alkanes of at least 4 members (excludes halogenated alkanes) is 1. The lowest BCUT2D eigenvalue weighted by atomic mass is 9.98. The van der Waals surface area contributed by atoms with Crippen LogP contribution in [-0.4, -0.2) is 57.2 Å². The number of nitrogens with zero attached hydrogens (tertiary/aromatic N) is 2. The van der Waals surface area contributed by atoms with Gasteiger partial charge >= 0.3 is 0 Å².